The molecule has 4 saturated carbocycles. The van der Waals surface area contributed by atoms with Crippen molar-refractivity contribution in [3.05, 3.63) is 12.2 Å². The first-order chi connectivity index (χ1) is 11.1. The summed E-state index contributed by atoms with van der Waals surface area (Å²) < 4.78 is 6.26. The van der Waals surface area contributed by atoms with Crippen molar-refractivity contribution < 1.29 is 9.53 Å². The Morgan fingerprint density at radius 1 is 1.13 bits per heavy atom. The normalized spacial score (nSPS) is 51.4. The monoisotopic (exact) mass is 314 g/mol. The molecule has 5 rings (SSSR count). The highest BCUT2D eigenvalue weighted by Gasteiger charge is 2.67. The van der Waals surface area contributed by atoms with Gasteiger partial charge in [-0.05, 0) is 93.8 Å². The van der Waals surface area contributed by atoms with Crippen molar-refractivity contribution in [1.82, 2.24) is 0 Å². The van der Waals surface area contributed by atoms with Gasteiger partial charge in [0.05, 0.1) is 5.41 Å². The van der Waals surface area contributed by atoms with Gasteiger partial charge in [-0.1, -0.05) is 19.1 Å². The molecule has 2 heteroatoms. The maximum Gasteiger partial charge on any atom is 0.312 e. The molecule has 0 aliphatic heterocycles. The van der Waals surface area contributed by atoms with E-state index in [0.717, 1.165) is 55.3 Å². The Kier molecular flexibility index (Phi) is 2.93. The summed E-state index contributed by atoms with van der Waals surface area (Å²) in [4.78, 5) is 13.2. The molecule has 0 radical (unpaired) electrons. The lowest BCUT2D eigenvalue weighted by Gasteiger charge is -2.43. The summed E-state index contributed by atoms with van der Waals surface area (Å²) in [5.41, 5.74) is -0.329. The molecule has 7 unspecified atom stereocenters. The summed E-state index contributed by atoms with van der Waals surface area (Å²) in [6.45, 7) is 4.43. The number of fused-ring (bicyclic) bond motifs is 9. The van der Waals surface area contributed by atoms with Crippen LogP contribution in [0.15, 0.2) is 12.2 Å². The quantitative estimate of drug-likeness (QED) is 0.427. The van der Waals surface area contributed by atoms with Crippen LogP contribution in [0.5, 0.6) is 0 Å². The van der Waals surface area contributed by atoms with Gasteiger partial charge in [0.15, 0.2) is 0 Å². The van der Waals surface area contributed by atoms with Crippen LogP contribution in [0.4, 0.5) is 0 Å². The van der Waals surface area contributed by atoms with Crippen molar-refractivity contribution in [2.75, 3.05) is 0 Å². The van der Waals surface area contributed by atoms with E-state index in [9.17, 15) is 4.79 Å². The zero-order chi connectivity index (χ0) is 15.8. The number of hydrogen-bond donors (Lipinski definition) is 0. The molecule has 4 bridgehead atoms. The summed E-state index contributed by atoms with van der Waals surface area (Å²) in [5.74, 6) is 4.78. The second-order valence-corrected chi connectivity index (χ2v) is 9.46. The van der Waals surface area contributed by atoms with Crippen LogP contribution < -0.4 is 0 Å². The highest BCUT2D eigenvalue weighted by molar-refractivity contribution is 5.78. The van der Waals surface area contributed by atoms with Gasteiger partial charge in [0, 0.05) is 0 Å². The number of carbonyl (C=O) groups excluding carboxylic acids is 1. The second kappa shape index (κ2) is 4.64. The van der Waals surface area contributed by atoms with Crippen LogP contribution in [0, 0.1) is 40.9 Å². The van der Waals surface area contributed by atoms with Gasteiger partial charge >= 0.3 is 5.97 Å². The van der Waals surface area contributed by atoms with Gasteiger partial charge in [0.2, 0.25) is 0 Å². The molecule has 23 heavy (non-hydrogen) atoms. The molecule has 2 nitrogen and oxygen atoms in total. The lowest BCUT2D eigenvalue weighted by Crippen LogP contribution is -2.46. The average molecular weight is 314 g/mol. The van der Waals surface area contributed by atoms with Crippen LogP contribution in [-0.4, -0.2) is 11.6 Å². The van der Waals surface area contributed by atoms with Crippen molar-refractivity contribution in [1.29, 1.82) is 0 Å². The van der Waals surface area contributed by atoms with Gasteiger partial charge in [0.25, 0.3) is 0 Å². The zero-order valence-corrected chi connectivity index (χ0v) is 14.6. The fourth-order valence-electron chi connectivity index (χ4n) is 7.46. The summed E-state index contributed by atoms with van der Waals surface area (Å²) in [6, 6.07) is 0. The molecule has 0 aromatic rings. The first kappa shape index (κ1) is 14.5. The third kappa shape index (κ3) is 1.79. The van der Waals surface area contributed by atoms with Crippen LogP contribution in [-0.2, 0) is 9.53 Å². The third-order valence-electron chi connectivity index (χ3n) is 8.59. The Bertz CT molecular complexity index is 558. The van der Waals surface area contributed by atoms with E-state index in [1.807, 2.05) is 0 Å². The van der Waals surface area contributed by atoms with E-state index in [-0.39, 0.29) is 17.0 Å². The standard InChI is InChI=1S/C21H30O2/c1-3-21(8-4-5-9-21)23-19(22)20(2)12-15-11-16(20)18-14-7-6-13(10-14)17(15)18/h6-7,13-18H,3-5,8-12H2,1-2H3. The van der Waals surface area contributed by atoms with Gasteiger partial charge in [0.1, 0.15) is 5.60 Å². The zero-order valence-electron chi connectivity index (χ0n) is 14.6. The minimum absolute atomic E-state index is 0.129. The molecule has 0 saturated heterocycles. The first-order valence-electron chi connectivity index (χ1n) is 9.98. The molecule has 7 atom stereocenters. The lowest BCUT2D eigenvalue weighted by molar-refractivity contribution is -0.177. The van der Waals surface area contributed by atoms with Gasteiger partial charge in [-0.25, -0.2) is 0 Å². The van der Waals surface area contributed by atoms with E-state index < -0.39 is 0 Å². The largest absolute Gasteiger partial charge is 0.459 e. The molecule has 4 fully saturated rings. The molecule has 0 aromatic heterocycles. The van der Waals surface area contributed by atoms with Crippen molar-refractivity contribution in [2.45, 2.75) is 70.8 Å². The Morgan fingerprint density at radius 2 is 1.83 bits per heavy atom. The summed E-state index contributed by atoms with van der Waals surface area (Å²) >= 11 is 0. The number of allylic oxidation sites excluding steroid dienone is 2. The SMILES string of the molecule is CCC1(OC(=O)C2(C)CC3CC2C2C4C=CC(C4)C32)CCCC1. The van der Waals surface area contributed by atoms with Crippen LogP contribution in [0.2, 0.25) is 0 Å². The Morgan fingerprint density at radius 3 is 2.52 bits per heavy atom. The molecule has 126 valence electrons. The predicted octanol–water partition coefficient (Wildman–Crippen LogP) is 4.74. The predicted molar refractivity (Wildman–Crippen MR) is 89.6 cm³/mol. The van der Waals surface area contributed by atoms with Crippen molar-refractivity contribution >= 4 is 5.97 Å². The number of esters is 1. The van der Waals surface area contributed by atoms with Crippen LogP contribution >= 0.6 is 0 Å². The fraction of sp³-hybridized carbons (Fsp3) is 0.857. The highest BCUT2D eigenvalue weighted by atomic mass is 16.6. The van der Waals surface area contributed by atoms with Gasteiger partial charge in [-0.15, -0.1) is 0 Å². The number of carbonyl (C=O) groups is 1. The Balaban J connectivity index is 1.39. The van der Waals surface area contributed by atoms with E-state index in [0.29, 0.717) is 5.92 Å². The van der Waals surface area contributed by atoms with Gasteiger partial charge in [-0.3, -0.25) is 4.79 Å². The van der Waals surface area contributed by atoms with Crippen LogP contribution in [0.1, 0.15) is 65.2 Å². The summed E-state index contributed by atoms with van der Waals surface area (Å²) in [7, 11) is 0. The van der Waals surface area contributed by atoms with E-state index in [4.69, 9.17) is 4.74 Å². The minimum atomic E-state index is -0.199. The summed E-state index contributed by atoms with van der Waals surface area (Å²) in [5, 5.41) is 0. The van der Waals surface area contributed by atoms with E-state index in [1.54, 1.807) is 0 Å². The molecular weight excluding hydrogens is 284 g/mol. The second-order valence-electron chi connectivity index (χ2n) is 9.46. The molecule has 5 aliphatic carbocycles. The maximum atomic E-state index is 13.2. The molecule has 0 amide bonds. The van der Waals surface area contributed by atoms with Crippen LogP contribution in [0.3, 0.4) is 0 Å². The molecule has 0 heterocycles. The van der Waals surface area contributed by atoms with E-state index in [2.05, 4.69) is 26.0 Å². The summed E-state index contributed by atoms with van der Waals surface area (Å²) in [6.07, 6.45) is 14.3. The minimum Gasteiger partial charge on any atom is -0.459 e. The van der Waals surface area contributed by atoms with Gasteiger partial charge < -0.3 is 4.74 Å². The van der Waals surface area contributed by atoms with E-state index in [1.165, 1.54) is 25.7 Å². The molecule has 0 spiro atoms. The lowest BCUT2D eigenvalue weighted by atomic mass is 9.63. The number of rotatable bonds is 3. The van der Waals surface area contributed by atoms with Crippen LogP contribution in [0.25, 0.3) is 0 Å². The fourth-order valence-corrected chi connectivity index (χ4v) is 7.46. The van der Waals surface area contributed by atoms with Crippen molar-refractivity contribution in [3.63, 3.8) is 0 Å². The Labute approximate surface area is 140 Å². The molecular formula is C21H30O2. The number of hydrogen-bond acceptors (Lipinski definition) is 2. The number of ether oxygens (including phenoxy) is 1. The van der Waals surface area contributed by atoms with Gasteiger partial charge in [-0.2, -0.15) is 0 Å². The van der Waals surface area contributed by atoms with Crippen molar-refractivity contribution in [2.24, 2.45) is 40.9 Å². The van der Waals surface area contributed by atoms with E-state index >= 15 is 0 Å². The molecule has 0 aromatic carbocycles. The Hall–Kier alpha value is -0.790. The third-order valence-corrected chi connectivity index (χ3v) is 8.59. The molecule has 5 aliphatic rings. The topological polar surface area (TPSA) is 26.3 Å². The molecule has 0 N–H and O–H groups in total. The maximum absolute atomic E-state index is 13.2. The van der Waals surface area contributed by atoms with Crippen molar-refractivity contribution in [3.8, 4) is 0 Å². The first-order valence-corrected chi connectivity index (χ1v) is 9.98. The average Bonchev–Trinajstić information content (AvgIpc) is 3.32. The smallest absolute Gasteiger partial charge is 0.312 e. The highest BCUT2D eigenvalue weighted by Crippen LogP contribution is 2.70.